The standard InChI is InChI=1S/C13H13N3O2/c1-9-6-7-11(14-8-9)16(2)13(18)10-4-3-5-12(17)15-10/h3-8H,1-2H3,(H,15,17). The van der Waals surface area contributed by atoms with Gasteiger partial charge < -0.3 is 4.98 Å². The van der Waals surface area contributed by atoms with E-state index in [1.165, 1.54) is 11.0 Å². The van der Waals surface area contributed by atoms with Crippen molar-refractivity contribution in [2.75, 3.05) is 11.9 Å². The molecule has 0 radical (unpaired) electrons. The van der Waals surface area contributed by atoms with Crippen LogP contribution >= 0.6 is 0 Å². The molecule has 0 fully saturated rings. The number of H-pyrrole nitrogens is 1. The fourth-order valence-corrected chi connectivity index (χ4v) is 1.52. The Labute approximate surface area is 104 Å². The molecule has 1 amide bonds. The van der Waals surface area contributed by atoms with Gasteiger partial charge in [0.1, 0.15) is 11.5 Å². The molecule has 2 heterocycles. The summed E-state index contributed by atoms with van der Waals surface area (Å²) in [6.07, 6.45) is 1.69. The minimum absolute atomic E-state index is 0.243. The van der Waals surface area contributed by atoms with Crippen LogP contribution in [0.25, 0.3) is 0 Å². The Morgan fingerprint density at radius 1 is 1.28 bits per heavy atom. The van der Waals surface area contributed by atoms with Gasteiger partial charge in [0.05, 0.1) is 0 Å². The van der Waals surface area contributed by atoms with Crippen molar-refractivity contribution in [3.8, 4) is 0 Å². The molecule has 0 aliphatic heterocycles. The molecule has 0 bridgehead atoms. The van der Waals surface area contributed by atoms with Crippen molar-refractivity contribution < 1.29 is 4.79 Å². The summed E-state index contributed by atoms with van der Waals surface area (Å²) in [5.41, 5.74) is 0.964. The number of aryl methyl sites for hydroxylation is 1. The van der Waals surface area contributed by atoms with Gasteiger partial charge in [-0.05, 0) is 24.6 Å². The molecule has 0 spiro atoms. The highest BCUT2D eigenvalue weighted by molar-refractivity contribution is 6.03. The van der Waals surface area contributed by atoms with E-state index in [1.54, 1.807) is 31.4 Å². The van der Waals surface area contributed by atoms with Gasteiger partial charge in [-0.2, -0.15) is 0 Å². The molecule has 0 aliphatic rings. The molecule has 18 heavy (non-hydrogen) atoms. The first-order valence-electron chi connectivity index (χ1n) is 5.48. The number of anilines is 1. The molecule has 0 aromatic carbocycles. The van der Waals surface area contributed by atoms with Gasteiger partial charge in [-0.25, -0.2) is 4.98 Å². The Bertz CT molecular complexity index is 617. The molecule has 0 atom stereocenters. The molecule has 2 aromatic rings. The number of aromatic amines is 1. The topological polar surface area (TPSA) is 66.1 Å². The van der Waals surface area contributed by atoms with E-state index >= 15 is 0 Å². The van der Waals surface area contributed by atoms with Gasteiger partial charge >= 0.3 is 0 Å². The van der Waals surface area contributed by atoms with Gasteiger partial charge in [0.15, 0.2) is 0 Å². The lowest BCUT2D eigenvalue weighted by molar-refractivity contribution is 0.0987. The van der Waals surface area contributed by atoms with Gasteiger partial charge in [-0.3, -0.25) is 14.5 Å². The summed E-state index contributed by atoms with van der Waals surface area (Å²) < 4.78 is 0. The SMILES string of the molecule is Cc1ccc(N(C)C(=O)c2cccc(=O)[nH]2)nc1. The van der Waals surface area contributed by atoms with Crippen molar-refractivity contribution in [3.05, 3.63) is 58.1 Å². The van der Waals surface area contributed by atoms with Crippen LogP contribution in [-0.2, 0) is 0 Å². The van der Waals surface area contributed by atoms with Crippen LogP contribution in [-0.4, -0.2) is 22.9 Å². The van der Waals surface area contributed by atoms with E-state index in [0.717, 1.165) is 5.56 Å². The molecular weight excluding hydrogens is 230 g/mol. The molecule has 5 nitrogen and oxygen atoms in total. The summed E-state index contributed by atoms with van der Waals surface area (Å²) in [6, 6.07) is 8.10. The zero-order valence-electron chi connectivity index (χ0n) is 10.2. The van der Waals surface area contributed by atoms with E-state index in [-0.39, 0.29) is 17.2 Å². The number of carbonyl (C=O) groups excluding carboxylic acids is 1. The molecule has 5 heteroatoms. The predicted molar refractivity (Wildman–Crippen MR) is 68.8 cm³/mol. The molecule has 0 saturated carbocycles. The van der Waals surface area contributed by atoms with Crippen LogP contribution in [0.1, 0.15) is 16.1 Å². The molecule has 1 N–H and O–H groups in total. The summed E-state index contributed by atoms with van der Waals surface area (Å²) in [4.78, 5) is 31.3. The minimum atomic E-state index is -0.302. The van der Waals surface area contributed by atoms with Crippen molar-refractivity contribution >= 4 is 11.7 Å². The Hall–Kier alpha value is -2.43. The zero-order chi connectivity index (χ0) is 13.1. The van der Waals surface area contributed by atoms with E-state index in [1.807, 2.05) is 13.0 Å². The van der Waals surface area contributed by atoms with Crippen LogP contribution in [0.4, 0.5) is 5.82 Å². The maximum absolute atomic E-state index is 12.1. The van der Waals surface area contributed by atoms with Crippen LogP contribution < -0.4 is 10.5 Å². The lowest BCUT2D eigenvalue weighted by Gasteiger charge is -2.15. The van der Waals surface area contributed by atoms with Crippen molar-refractivity contribution in [1.29, 1.82) is 0 Å². The van der Waals surface area contributed by atoms with Gasteiger partial charge in [-0.15, -0.1) is 0 Å². The van der Waals surface area contributed by atoms with Crippen molar-refractivity contribution in [3.63, 3.8) is 0 Å². The third kappa shape index (κ3) is 2.45. The lowest BCUT2D eigenvalue weighted by atomic mass is 10.3. The van der Waals surface area contributed by atoms with E-state index in [9.17, 15) is 9.59 Å². The molecule has 92 valence electrons. The van der Waals surface area contributed by atoms with Gasteiger partial charge in [0.25, 0.3) is 5.91 Å². The van der Waals surface area contributed by atoms with Gasteiger partial charge in [0.2, 0.25) is 5.56 Å². The number of nitrogens with zero attached hydrogens (tertiary/aromatic N) is 2. The van der Waals surface area contributed by atoms with Crippen molar-refractivity contribution in [2.24, 2.45) is 0 Å². The number of pyridine rings is 2. The Morgan fingerprint density at radius 2 is 2.06 bits per heavy atom. The first-order chi connectivity index (χ1) is 8.58. The highest BCUT2D eigenvalue weighted by atomic mass is 16.2. The number of amides is 1. The highest BCUT2D eigenvalue weighted by Gasteiger charge is 2.14. The van der Waals surface area contributed by atoms with Crippen LogP contribution in [0, 0.1) is 6.92 Å². The van der Waals surface area contributed by atoms with Crippen molar-refractivity contribution in [1.82, 2.24) is 9.97 Å². The van der Waals surface area contributed by atoms with E-state index < -0.39 is 0 Å². The van der Waals surface area contributed by atoms with Gasteiger partial charge in [0, 0.05) is 19.3 Å². The molecule has 0 aliphatic carbocycles. The number of carbonyl (C=O) groups is 1. The monoisotopic (exact) mass is 243 g/mol. The second-order valence-electron chi connectivity index (χ2n) is 3.99. The predicted octanol–water partition coefficient (Wildman–Crippen LogP) is 1.35. The minimum Gasteiger partial charge on any atom is -0.318 e. The van der Waals surface area contributed by atoms with E-state index in [4.69, 9.17) is 0 Å². The molecule has 0 unspecified atom stereocenters. The highest BCUT2D eigenvalue weighted by Crippen LogP contribution is 2.11. The van der Waals surface area contributed by atoms with Gasteiger partial charge in [-0.1, -0.05) is 12.1 Å². The third-order valence-corrected chi connectivity index (χ3v) is 2.54. The average Bonchev–Trinajstić information content (AvgIpc) is 2.38. The summed E-state index contributed by atoms with van der Waals surface area (Å²) >= 11 is 0. The quantitative estimate of drug-likeness (QED) is 0.866. The smallest absolute Gasteiger partial charge is 0.275 e. The first-order valence-corrected chi connectivity index (χ1v) is 5.48. The zero-order valence-corrected chi connectivity index (χ0v) is 10.2. The average molecular weight is 243 g/mol. The third-order valence-electron chi connectivity index (χ3n) is 2.54. The number of aromatic nitrogens is 2. The normalized spacial score (nSPS) is 10.1. The summed E-state index contributed by atoms with van der Waals surface area (Å²) in [5.74, 6) is 0.236. The Kier molecular flexibility index (Phi) is 3.23. The second kappa shape index (κ2) is 4.83. The summed E-state index contributed by atoms with van der Waals surface area (Å²) in [6.45, 7) is 1.92. The summed E-state index contributed by atoms with van der Waals surface area (Å²) in [7, 11) is 1.62. The maximum atomic E-state index is 12.1. The van der Waals surface area contributed by atoms with E-state index in [2.05, 4.69) is 9.97 Å². The number of nitrogens with one attached hydrogen (secondary N) is 1. The van der Waals surface area contributed by atoms with Crippen molar-refractivity contribution in [2.45, 2.75) is 6.92 Å². The van der Waals surface area contributed by atoms with Crippen LogP contribution in [0.15, 0.2) is 41.3 Å². The molecule has 0 saturated heterocycles. The second-order valence-corrected chi connectivity index (χ2v) is 3.99. The Morgan fingerprint density at radius 3 is 2.67 bits per heavy atom. The fourth-order valence-electron chi connectivity index (χ4n) is 1.52. The van der Waals surface area contributed by atoms with Crippen LogP contribution in [0.3, 0.4) is 0 Å². The van der Waals surface area contributed by atoms with Crippen LogP contribution in [0.2, 0.25) is 0 Å². The molecule has 2 rings (SSSR count). The largest absolute Gasteiger partial charge is 0.318 e. The van der Waals surface area contributed by atoms with Crippen LogP contribution in [0.5, 0.6) is 0 Å². The Balaban J connectivity index is 2.29. The van der Waals surface area contributed by atoms with E-state index in [0.29, 0.717) is 5.82 Å². The maximum Gasteiger partial charge on any atom is 0.275 e. The summed E-state index contributed by atoms with van der Waals surface area (Å²) in [5, 5.41) is 0. The fraction of sp³-hybridized carbons (Fsp3) is 0.154. The molecule has 2 aromatic heterocycles. The first kappa shape index (κ1) is 12.0. The number of rotatable bonds is 2. The number of hydrogen-bond donors (Lipinski definition) is 1. The number of hydrogen-bond acceptors (Lipinski definition) is 3. The molecular formula is C13H13N3O2. The lowest BCUT2D eigenvalue weighted by Crippen LogP contribution is -2.29.